The smallest absolute Gasteiger partial charge is 0.357 e. The highest BCUT2D eigenvalue weighted by Gasteiger charge is 2.18. The van der Waals surface area contributed by atoms with Gasteiger partial charge in [0.15, 0.2) is 29.2 Å². The van der Waals surface area contributed by atoms with E-state index in [1.807, 2.05) is 0 Å². The van der Waals surface area contributed by atoms with E-state index >= 15 is 0 Å². The highest BCUT2D eigenvalue weighted by atomic mass is 32.1. The number of hydrogen-bond donors (Lipinski definition) is 1. The van der Waals surface area contributed by atoms with Gasteiger partial charge in [-0.25, -0.2) is 27.9 Å². The Kier molecular flexibility index (Phi) is 4.61. The molecule has 0 saturated carbocycles. The lowest BCUT2D eigenvalue weighted by molar-refractivity contribution is -0.119. The molecule has 0 aliphatic rings. The summed E-state index contributed by atoms with van der Waals surface area (Å²) in [7, 11) is 0. The summed E-state index contributed by atoms with van der Waals surface area (Å²) < 4.78 is 44.7. The van der Waals surface area contributed by atoms with E-state index in [0.29, 0.717) is 0 Å². The van der Waals surface area contributed by atoms with E-state index in [0.717, 1.165) is 17.4 Å². The van der Waals surface area contributed by atoms with E-state index in [2.05, 4.69) is 15.3 Å². The second-order valence-corrected chi connectivity index (χ2v) is 5.72. The van der Waals surface area contributed by atoms with Gasteiger partial charge in [0.1, 0.15) is 11.2 Å². The lowest BCUT2D eigenvalue weighted by atomic mass is 10.3. The molecule has 0 unspecified atom stereocenters. The van der Waals surface area contributed by atoms with Gasteiger partial charge in [0.25, 0.3) is 5.91 Å². The Bertz CT molecular complexity index is 963. The number of thiazole rings is 1. The molecule has 0 radical (unpaired) electrons. The molecule has 0 aliphatic carbocycles. The summed E-state index contributed by atoms with van der Waals surface area (Å²) in [6.45, 7) is -0.628. The second-order valence-electron chi connectivity index (χ2n) is 4.69. The number of nitrogens with one attached hydrogen (secondary N) is 1. The summed E-state index contributed by atoms with van der Waals surface area (Å²) in [5.41, 5.74) is -0.368. The fraction of sp³-hybridized carbons (Fsp3) is 0.0667. The minimum absolute atomic E-state index is 0.0252. The fourth-order valence-electron chi connectivity index (χ4n) is 1.87. The molecule has 0 atom stereocenters. The predicted molar refractivity (Wildman–Crippen MR) is 82.6 cm³/mol. The van der Waals surface area contributed by atoms with E-state index in [-0.39, 0.29) is 15.5 Å². The van der Waals surface area contributed by atoms with Crippen LogP contribution in [0, 0.1) is 17.5 Å². The first kappa shape index (κ1) is 16.8. The number of amides is 1. The SMILES string of the molecule is O=C(COC(=O)c1ccccn1)Nc1nc2c(F)c(F)c(F)cc2s1. The maximum absolute atomic E-state index is 13.6. The normalized spacial score (nSPS) is 10.7. The third-order valence-electron chi connectivity index (χ3n) is 2.98. The van der Waals surface area contributed by atoms with Gasteiger partial charge in [-0.3, -0.25) is 10.1 Å². The largest absolute Gasteiger partial charge is 0.451 e. The van der Waals surface area contributed by atoms with Gasteiger partial charge in [-0.2, -0.15) is 0 Å². The predicted octanol–water partition coefficient (Wildman–Crippen LogP) is 2.90. The zero-order chi connectivity index (χ0) is 18.0. The Balaban J connectivity index is 1.66. The van der Waals surface area contributed by atoms with Crippen molar-refractivity contribution in [2.45, 2.75) is 0 Å². The molecule has 3 rings (SSSR count). The number of ether oxygens (including phenoxy) is 1. The van der Waals surface area contributed by atoms with Crippen molar-refractivity contribution < 1.29 is 27.5 Å². The molecule has 128 valence electrons. The van der Waals surface area contributed by atoms with E-state index in [4.69, 9.17) is 4.74 Å². The second kappa shape index (κ2) is 6.85. The number of rotatable bonds is 4. The first-order chi connectivity index (χ1) is 12.0. The van der Waals surface area contributed by atoms with Crippen LogP contribution in [0.15, 0.2) is 30.5 Å². The van der Waals surface area contributed by atoms with Gasteiger partial charge in [-0.1, -0.05) is 17.4 Å². The number of esters is 1. The molecule has 2 aromatic heterocycles. The Hall–Kier alpha value is -3.01. The molecule has 0 fully saturated rings. The zero-order valence-corrected chi connectivity index (χ0v) is 13.1. The number of pyridine rings is 1. The molecule has 0 aliphatic heterocycles. The molecule has 0 saturated heterocycles. The molecule has 6 nitrogen and oxygen atoms in total. The Morgan fingerprint density at radius 2 is 2.00 bits per heavy atom. The number of carbonyl (C=O) groups excluding carboxylic acids is 2. The molecule has 25 heavy (non-hydrogen) atoms. The number of nitrogens with zero attached hydrogens (tertiary/aromatic N) is 2. The maximum atomic E-state index is 13.6. The highest BCUT2D eigenvalue weighted by molar-refractivity contribution is 7.22. The molecule has 0 bridgehead atoms. The molecule has 1 N–H and O–H groups in total. The molecule has 0 spiro atoms. The molecule has 3 aromatic rings. The number of anilines is 1. The molecule has 1 aromatic carbocycles. The summed E-state index contributed by atoms with van der Waals surface area (Å²) in [5, 5.41) is 2.18. The number of hydrogen-bond acceptors (Lipinski definition) is 6. The van der Waals surface area contributed by atoms with Crippen LogP contribution in [-0.2, 0) is 9.53 Å². The Labute approximate surface area is 142 Å². The van der Waals surface area contributed by atoms with Crippen LogP contribution in [0.4, 0.5) is 18.3 Å². The lowest BCUT2D eigenvalue weighted by Gasteiger charge is -2.03. The molecule has 1 amide bonds. The van der Waals surface area contributed by atoms with Crippen LogP contribution >= 0.6 is 11.3 Å². The van der Waals surface area contributed by atoms with Crippen molar-refractivity contribution in [2.75, 3.05) is 11.9 Å². The Morgan fingerprint density at radius 3 is 2.72 bits per heavy atom. The van der Waals surface area contributed by atoms with Crippen LogP contribution in [0.25, 0.3) is 10.2 Å². The van der Waals surface area contributed by atoms with Gasteiger partial charge in [-0.15, -0.1) is 0 Å². The van der Waals surface area contributed by atoms with Crippen molar-refractivity contribution in [3.8, 4) is 0 Å². The molecular formula is C15H8F3N3O3S. The van der Waals surface area contributed by atoms with E-state index < -0.39 is 41.5 Å². The minimum atomic E-state index is -1.64. The fourth-order valence-corrected chi connectivity index (χ4v) is 2.78. The van der Waals surface area contributed by atoms with Crippen LogP contribution in [0.1, 0.15) is 10.5 Å². The number of fused-ring (bicyclic) bond motifs is 1. The molecular weight excluding hydrogens is 359 g/mol. The lowest BCUT2D eigenvalue weighted by Crippen LogP contribution is -2.21. The monoisotopic (exact) mass is 367 g/mol. The summed E-state index contributed by atoms with van der Waals surface area (Å²) in [6, 6.07) is 5.39. The Morgan fingerprint density at radius 1 is 1.20 bits per heavy atom. The maximum Gasteiger partial charge on any atom is 0.357 e. The van der Waals surface area contributed by atoms with Gasteiger partial charge in [0, 0.05) is 6.20 Å². The van der Waals surface area contributed by atoms with Gasteiger partial charge in [-0.05, 0) is 18.2 Å². The number of benzene rings is 1. The van der Waals surface area contributed by atoms with Crippen molar-refractivity contribution in [1.29, 1.82) is 0 Å². The quantitative estimate of drug-likeness (QED) is 0.566. The first-order valence-corrected chi connectivity index (χ1v) is 7.59. The minimum Gasteiger partial charge on any atom is -0.451 e. The number of halogens is 3. The van der Waals surface area contributed by atoms with Gasteiger partial charge >= 0.3 is 5.97 Å². The van der Waals surface area contributed by atoms with Crippen LogP contribution < -0.4 is 5.32 Å². The third-order valence-corrected chi connectivity index (χ3v) is 3.89. The average molecular weight is 367 g/mol. The third kappa shape index (κ3) is 3.58. The van der Waals surface area contributed by atoms with Crippen LogP contribution in [-0.4, -0.2) is 28.5 Å². The topological polar surface area (TPSA) is 81.2 Å². The average Bonchev–Trinajstić information content (AvgIpc) is 3.00. The standard InChI is InChI=1S/C15H8F3N3O3S/c16-7-5-9-13(12(18)11(7)17)21-15(25-9)20-10(22)6-24-14(23)8-3-1-2-4-19-8/h1-5H,6H2,(H,20,21,22). The van der Waals surface area contributed by atoms with E-state index in [1.165, 1.54) is 12.3 Å². The molecule has 2 heterocycles. The molecule has 10 heteroatoms. The number of carbonyl (C=O) groups is 2. The highest BCUT2D eigenvalue weighted by Crippen LogP contribution is 2.30. The number of aromatic nitrogens is 2. The van der Waals surface area contributed by atoms with Gasteiger partial charge in [0.2, 0.25) is 0 Å². The van der Waals surface area contributed by atoms with Crippen molar-refractivity contribution >= 4 is 38.6 Å². The summed E-state index contributed by atoms with van der Waals surface area (Å²) in [4.78, 5) is 30.9. The van der Waals surface area contributed by atoms with Gasteiger partial charge in [0.05, 0.1) is 4.70 Å². The van der Waals surface area contributed by atoms with E-state index in [1.54, 1.807) is 12.1 Å². The van der Waals surface area contributed by atoms with E-state index in [9.17, 15) is 22.8 Å². The van der Waals surface area contributed by atoms with Crippen LogP contribution in [0.3, 0.4) is 0 Å². The van der Waals surface area contributed by atoms with Crippen molar-refractivity contribution in [1.82, 2.24) is 9.97 Å². The van der Waals surface area contributed by atoms with Crippen LogP contribution in [0.5, 0.6) is 0 Å². The zero-order valence-electron chi connectivity index (χ0n) is 12.3. The van der Waals surface area contributed by atoms with Crippen molar-refractivity contribution in [3.05, 3.63) is 53.6 Å². The van der Waals surface area contributed by atoms with Crippen molar-refractivity contribution in [3.63, 3.8) is 0 Å². The summed E-state index contributed by atoms with van der Waals surface area (Å²) in [5.74, 6) is -5.97. The van der Waals surface area contributed by atoms with Gasteiger partial charge < -0.3 is 4.74 Å². The summed E-state index contributed by atoms with van der Waals surface area (Å²) >= 11 is 0.751. The van der Waals surface area contributed by atoms with Crippen LogP contribution in [0.2, 0.25) is 0 Å². The summed E-state index contributed by atoms with van der Waals surface area (Å²) in [6.07, 6.45) is 1.39. The van der Waals surface area contributed by atoms with Crippen molar-refractivity contribution in [2.24, 2.45) is 0 Å². The first-order valence-electron chi connectivity index (χ1n) is 6.77.